The summed E-state index contributed by atoms with van der Waals surface area (Å²) in [5.41, 5.74) is 0.942. The molecule has 1 heterocycles. The van der Waals surface area contributed by atoms with Crippen molar-refractivity contribution in [1.82, 2.24) is 0 Å². The Hall–Kier alpha value is -1.57. The van der Waals surface area contributed by atoms with Gasteiger partial charge in [0.1, 0.15) is 0 Å². The van der Waals surface area contributed by atoms with E-state index in [9.17, 15) is 0 Å². The van der Waals surface area contributed by atoms with Gasteiger partial charge in [-0.1, -0.05) is 24.8 Å². The third-order valence-electron chi connectivity index (χ3n) is 1.51. The average Bonchev–Trinajstić information content (AvgIpc) is 2.13. The van der Waals surface area contributed by atoms with E-state index in [0.29, 0.717) is 6.73 Å². The zero-order valence-corrected chi connectivity index (χ0v) is 7.73. The van der Waals surface area contributed by atoms with Gasteiger partial charge in [-0.25, -0.2) is 0 Å². The molecule has 0 radical (unpaired) electrons. The first-order chi connectivity index (χ1) is 6.29. The molecule has 0 N–H and O–H groups in total. The van der Waals surface area contributed by atoms with Crippen molar-refractivity contribution in [2.45, 2.75) is 6.92 Å². The second kappa shape index (κ2) is 5.14. The van der Waals surface area contributed by atoms with Crippen LogP contribution in [-0.4, -0.2) is 12.9 Å². The summed E-state index contributed by atoms with van der Waals surface area (Å²) in [5, 5.41) is 0. The third-order valence-corrected chi connectivity index (χ3v) is 1.51. The standard InChI is InChI=1S/C11H13NO/c1-10-5-3-7-11(2)13-9-12-8-4-6-10/h3-8H,1,9H2,2H3/b5-3?,6-4-,11-7+,12-8?. The highest BCUT2D eigenvalue weighted by atomic mass is 16.5. The summed E-state index contributed by atoms with van der Waals surface area (Å²) in [4.78, 5) is 4.02. The summed E-state index contributed by atoms with van der Waals surface area (Å²) in [7, 11) is 0. The van der Waals surface area contributed by atoms with Crippen LogP contribution in [0.4, 0.5) is 0 Å². The van der Waals surface area contributed by atoms with Crippen LogP contribution in [0.1, 0.15) is 6.92 Å². The van der Waals surface area contributed by atoms with E-state index in [4.69, 9.17) is 4.74 Å². The topological polar surface area (TPSA) is 21.6 Å². The highest BCUT2D eigenvalue weighted by Gasteiger charge is 1.86. The van der Waals surface area contributed by atoms with Gasteiger partial charge in [0.15, 0.2) is 6.73 Å². The van der Waals surface area contributed by atoms with Crippen LogP contribution in [0.5, 0.6) is 0 Å². The van der Waals surface area contributed by atoms with Crippen LogP contribution >= 0.6 is 0 Å². The number of hydrogen-bond donors (Lipinski definition) is 0. The molecule has 0 aromatic carbocycles. The van der Waals surface area contributed by atoms with Crippen LogP contribution in [0.2, 0.25) is 0 Å². The van der Waals surface area contributed by atoms with Crippen molar-refractivity contribution in [1.29, 1.82) is 0 Å². The van der Waals surface area contributed by atoms with Crippen LogP contribution in [-0.2, 0) is 4.74 Å². The van der Waals surface area contributed by atoms with Crippen LogP contribution in [0.3, 0.4) is 0 Å². The molecule has 0 saturated carbocycles. The van der Waals surface area contributed by atoms with Gasteiger partial charge >= 0.3 is 0 Å². The van der Waals surface area contributed by atoms with E-state index in [1.165, 1.54) is 0 Å². The lowest BCUT2D eigenvalue weighted by Gasteiger charge is -1.99. The van der Waals surface area contributed by atoms with E-state index in [1.807, 2.05) is 37.3 Å². The smallest absolute Gasteiger partial charge is 0.178 e. The first kappa shape index (κ1) is 9.52. The first-order valence-electron chi connectivity index (χ1n) is 4.12. The minimum atomic E-state index is 0.368. The molecule has 1 aliphatic heterocycles. The third kappa shape index (κ3) is 4.11. The molecule has 13 heavy (non-hydrogen) atoms. The molecule has 0 unspecified atom stereocenters. The Labute approximate surface area is 78.6 Å². The van der Waals surface area contributed by atoms with E-state index in [-0.39, 0.29) is 0 Å². The van der Waals surface area contributed by atoms with Gasteiger partial charge in [-0.3, -0.25) is 4.99 Å². The van der Waals surface area contributed by atoms with E-state index < -0.39 is 0 Å². The van der Waals surface area contributed by atoms with Gasteiger partial charge < -0.3 is 4.74 Å². The Morgan fingerprint density at radius 3 is 3.00 bits per heavy atom. The largest absolute Gasteiger partial charge is 0.476 e. The summed E-state index contributed by atoms with van der Waals surface area (Å²) in [6.07, 6.45) is 11.2. The summed E-state index contributed by atoms with van der Waals surface area (Å²) in [6, 6.07) is 0. The van der Waals surface area contributed by atoms with E-state index >= 15 is 0 Å². The van der Waals surface area contributed by atoms with Gasteiger partial charge in [-0.2, -0.15) is 0 Å². The lowest BCUT2D eigenvalue weighted by molar-refractivity contribution is 0.225. The SMILES string of the molecule is C=C1C=C/C=C(\C)OCN=C/C=C\1. The fraction of sp³-hybridized carbons (Fsp3) is 0.182. The molecule has 1 aliphatic rings. The number of rotatable bonds is 0. The van der Waals surface area contributed by atoms with Crippen molar-refractivity contribution in [2.75, 3.05) is 6.73 Å². The maximum absolute atomic E-state index is 5.26. The molecule has 0 aromatic heterocycles. The number of allylic oxidation sites excluding steroid dienone is 7. The van der Waals surface area contributed by atoms with Crippen molar-refractivity contribution in [3.8, 4) is 0 Å². The molecule has 0 aromatic rings. The first-order valence-corrected chi connectivity index (χ1v) is 4.12. The molecule has 0 fully saturated rings. The molecule has 0 bridgehead atoms. The Morgan fingerprint density at radius 1 is 1.38 bits per heavy atom. The highest BCUT2D eigenvalue weighted by molar-refractivity contribution is 5.72. The molecule has 0 amide bonds. The number of hydrogen-bond acceptors (Lipinski definition) is 2. The van der Waals surface area contributed by atoms with Crippen molar-refractivity contribution in [2.24, 2.45) is 4.99 Å². The Morgan fingerprint density at radius 2 is 2.15 bits per heavy atom. The fourth-order valence-corrected chi connectivity index (χ4v) is 0.820. The Bertz CT molecular complexity index is 295. The quantitative estimate of drug-likeness (QED) is 0.554. The van der Waals surface area contributed by atoms with Crippen molar-refractivity contribution < 1.29 is 4.74 Å². The molecule has 0 aliphatic carbocycles. The second-order valence-corrected chi connectivity index (χ2v) is 2.68. The zero-order chi connectivity index (χ0) is 9.52. The van der Waals surface area contributed by atoms with Crippen molar-refractivity contribution in [3.63, 3.8) is 0 Å². The molecular formula is C11H13NO. The molecule has 0 spiro atoms. The number of ether oxygens (including phenoxy) is 1. The molecule has 0 atom stereocenters. The molecular weight excluding hydrogens is 162 g/mol. The molecule has 2 heteroatoms. The van der Waals surface area contributed by atoms with Gasteiger partial charge in [0.2, 0.25) is 0 Å². The van der Waals surface area contributed by atoms with Crippen molar-refractivity contribution in [3.05, 3.63) is 48.3 Å². The summed E-state index contributed by atoms with van der Waals surface area (Å²) in [6.45, 7) is 6.10. The summed E-state index contributed by atoms with van der Waals surface area (Å²) >= 11 is 0. The number of nitrogens with zero attached hydrogens (tertiary/aromatic N) is 1. The van der Waals surface area contributed by atoms with E-state index in [2.05, 4.69) is 11.6 Å². The predicted molar refractivity (Wildman–Crippen MR) is 55.6 cm³/mol. The Kier molecular flexibility index (Phi) is 3.76. The predicted octanol–water partition coefficient (Wildman–Crippen LogP) is 2.62. The van der Waals surface area contributed by atoms with Crippen LogP contribution in [0.25, 0.3) is 0 Å². The van der Waals surface area contributed by atoms with Gasteiger partial charge in [0.05, 0.1) is 5.76 Å². The maximum atomic E-state index is 5.26. The molecule has 0 saturated heterocycles. The maximum Gasteiger partial charge on any atom is 0.178 e. The van der Waals surface area contributed by atoms with Gasteiger partial charge in [0, 0.05) is 6.21 Å². The van der Waals surface area contributed by atoms with Gasteiger partial charge in [-0.15, -0.1) is 0 Å². The molecule has 68 valence electrons. The average molecular weight is 175 g/mol. The summed E-state index contributed by atoms with van der Waals surface area (Å²) in [5.74, 6) is 0.850. The van der Waals surface area contributed by atoms with Crippen LogP contribution in [0.15, 0.2) is 53.3 Å². The van der Waals surface area contributed by atoms with Gasteiger partial charge in [0.25, 0.3) is 0 Å². The van der Waals surface area contributed by atoms with E-state index in [0.717, 1.165) is 11.3 Å². The fourth-order valence-electron chi connectivity index (χ4n) is 0.820. The van der Waals surface area contributed by atoms with Crippen LogP contribution < -0.4 is 0 Å². The van der Waals surface area contributed by atoms with Crippen LogP contribution in [0, 0.1) is 0 Å². The normalized spacial score (nSPS) is 24.1. The summed E-state index contributed by atoms with van der Waals surface area (Å²) < 4.78 is 5.26. The lowest BCUT2D eigenvalue weighted by Crippen LogP contribution is -1.87. The van der Waals surface area contributed by atoms with Gasteiger partial charge in [-0.05, 0) is 24.6 Å². The monoisotopic (exact) mass is 175 g/mol. The Balaban J connectivity index is 2.75. The lowest BCUT2D eigenvalue weighted by atomic mass is 10.2. The van der Waals surface area contributed by atoms with Crippen molar-refractivity contribution >= 4 is 6.21 Å². The second-order valence-electron chi connectivity index (χ2n) is 2.68. The minimum absolute atomic E-state index is 0.368. The minimum Gasteiger partial charge on any atom is -0.476 e. The molecule has 2 nitrogen and oxygen atoms in total. The van der Waals surface area contributed by atoms with E-state index in [1.54, 1.807) is 6.21 Å². The zero-order valence-electron chi connectivity index (χ0n) is 7.73. The number of aliphatic imine (C=N–C) groups is 1. The highest BCUT2D eigenvalue weighted by Crippen LogP contribution is 2.00. The molecule has 1 rings (SSSR count).